The van der Waals surface area contributed by atoms with Gasteiger partial charge in [-0.25, -0.2) is 4.98 Å². The van der Waals surface area contributed by atoms with E-state index < -0.39 is 5.97 Å². The fourth-order valence-electron chi connectivity index (χ4n) is 2.84. The van der Waals surface area contributed by atoms with Gasteiger partial charge in [0.1, 0.15) is 11.6 Å². The molecule has 0 saturated heterocycles. The third-order valence-corrected chi connectivity index (χ3v) is 4.25. The quantitative estimate of drug-likeness (QED) is 0.344. The lowest BCUT2D eigenvalue weighted by molar-refractivity contribution is -0.137. The molecule has 28 heavy (non-hydrogen) atoms. The summed E-state index contributed by atoms with van der Waals surface area (Å²) >= 11 is 0. The van der Waals surface area contributed by atoms with Crippen LogP contribution >= 0.6 is 0 Å². The van der Waals surface area contributed by atoms with Gasteiger partial charge in [-0.2, -0.15) is 5.26 Å². The number of aromatic amines is 1. The SMILES string of the molecule is N#C/C(=C(\CCCO)NCCCCCC(=O)O)c1nc2ccccc2c(=O)[nH]1. The lowest BCUT2D eigenvalue weighted by atomic mass is 10.1. The Balaban J connectivity index is 2.22. The van der Waals surface area contributed by atoms with E-state index >= 15 is 0 Å². The number of nitrogens with one attached hydrogen (secondary N) is 2. The molecule has 0 aliphatic rings. The molecule has 8 nitrogen and oxygen atoms in total. The Hall–Kier alpha value is -3.18. The number of unbranched alkanes of at least 4 members (excludes halogenated alkanes) is 2. The number of hydrogen-bond acceptors (Lipinski definition) is 6. The number of nitriles is 1. The van der Waals surface area contributed by atoms with Crippen molar-refractivity contribution in [2.24, 2.45) is 0 Å². The molecule has 4 N–H and O–H groups in total. The lowest BCUT2D eigenvalue weighted by Crippen LogP contribution is -2.19. The number of rotatable bonds is 11. The number of nitrogens with zero attached hydrogens (tertiary/aromatic N) is 2. The van der Waals surface area contributed by atoms with Gasteiger partial charge < -0.3 is 20.5 Å². The molecule has 1 aromatic carbocycles. The van der Waals surface area contributed by atoms with Crippen molar-refractivity contribution in [3.63, 3.8) is 0 Å². The Morgan fingerprint density at radius 2 is 1.96 bits per heavy atom. The van der Waals surface area contributed by atoms with E-state index in [0.29, 0.717) is 42.4 Å². The molecule has 1 heterocycles. The predicted molar refractivity (Wildman–Crippen MR) is 105 cm³/mol. The van der Waals surface area contributed by atoms with Crippen molar-refractivity contribution in [1.29, 1.82) is 5.26 Å². The molecule has 0 amide bonds. The van der Waals surface area contributed by atoms with Crippen molar-refractivity contribution in [3.8, 4) is 6.07 Å². The highest BCUT2D eigenvalue weighted by Gasteiger charge is 2.13. The summed E-state index contributed by atoms with van der Waals surface area (Å²) in [5, 5.41) is 31.1. The molecular weight excluding hydrogens is 360 g/mol. The third-order valence-electron chi connectivity index (χ3n) is 4.25. The minimum Gasteiger partial charge on any atom is -0.481 e. The molecule has 0 unspecified atom stereocenters. The van der Waals surface area contributed by atoms with Gasteiger partial charge in [0.15, 0.2) is 5.82 Å². The smallest absolute Gasteiger partial charge is 0.303 e. The summed E-state index contributed by atoms with van der Waals surface area (Å²) in [6.07, 6.45) is 3.13. The molecule has 148 valence electrons. The molecule has 0 aliphatic carbocycles. The second-order valence-corrected chi connectivity index (χ2v) is 6.36. The normalized spacial score (nSPS) is 11.7. The fraction of sp³-hybridized carbons (Fsp3) is 0.400. The van der Waals surface area contributed by atoms with E-state index in [1.807, 2.05) is 0 Å². The van der Waals surface area contributed by atoms with Crippen LogP contribution in [0.25, 0.3) is 16.5 Å². The van der Waals surface area contributed by atoms with Gasteiger partial charge in [-0.3, -0.25) is 9.59 Å². The first-order valence-corrected chi connectivity index (χ1v) is 9.26. The van der Waals surface area contributed by atoms with Crippen molar-refractivity contribution in [1.82, 2.24) is 15.3 Å². The van der Waals surface area contributed by atoms with Crippen LogP contribution in [0.5, 0.6) is 0 Å². The Labute approximate surface area is 162 Å². The van der Waals surface area contributed by atoms with Crippen molar-refractivity contribution < 1.29 is 15.0 Å². The average molecular weight is 384 g/mol. The topological polar surface area (TPSA) is 139 Å². The molecule has 0 fully saturated rings. The van der Waals surface area contributed by atoms with Gasteiger partial charge in [0, 0.05) is 25.3 Å². The lowest BCUT2D eigenvalue weighted by Gasteiger charge is -2.13. The Kier molecular flexibility index (Phi) is 8.18. The van der Waals surface area contributed by atoms with Crippen molar-refractivity contribution in [2.45, 2.75) is 38.5 Å². The number of benzene rings is 1. The molecule has 1 aromatic heterocycles. The first-order chi connectivity index (χ1) is 13.6. The van der Waals surface area contributed by atoms with E-state index in [0.717, 1.165) is 12.8 Å². The third kappa shape index (κ3) is 5.93. The fourth-order valence-corrected chi connectivity index (χ4v) is 2.84. The zero-order valence-electron chi connectivity index (χ0n) is 15.6. The van der Waals surface area contributed by atoms with Gasteiger partial charge in [0.05, 0.1) is 10.9 Å². The number of carbonyl (C=O) groups is 1. The standard InChI is InChI=1S/C20H24N4O4/c21-13-15(19-23-17-8-4-3-7-14(17)20(28)24-19)16(9-6-12-25)22-11-5-1-2-10-18(26)27/h3-4,7-8,22,25H,1-2,5-6,9-12H2,(H,26,27)(H,23,24,28)/b16-15-. The number of fused-ring (bicyclic) bond motifs is 1. The number of para-hydroxylation sites is 1. The summed E-state index contributed by atoms with van der Waals surface area (Å²) in [7, 11) is 0. The Morgan fingerprint density at radius 3 is 2.68 bits per heavy atom. The summed E-state index contributed by atoms with van der Waals surface area (Å²) < 4.78 is 0. The largest absolute Gasteiger partial charge is 0.481 e. The molecule has 0 radical (unpaired) electrons. The number of carboxylic acid groups (broad SMARTS) is 1. The molecule has 0 spiro atoms. The monoisotopic (exact) mass is 384 g/mol. The van der Waals surface area contributed by atoms with Crippen LogP contribution in [0.2, 0.25) is 0 Å². The van der Waals surface area contributed by atoms with E-state index in [1.165, 1.54) is 0 Å². The number of allylic oxidation sites excluding steroid dienone is 2. The molecule has 0 saturated carbocycles. The van der Waals surface area contributed by atoms with Crippen LogP contribution in [0.1, 0.15) is 44.3 Å². The maximum atomic E-state index is 12.3. The highest BCUT2D eigenvalue weighted by atomic mass is 16.4. The van der Waals surface area contributed by atoms with Crippen molar-refractivity contribution >= 4 is 22.4 Å². The van der Waals surface area contributed by atoms with Crippen LogP contribution in [0, 0.1) is 11.3 Å². The number of aliphatic hydroxyl groups excluding tert-OH is 1. The van der Waals surface area contributed by atoms with E-state index in [-0.39, 0.29) is 30.0 Å². The molecule has 0 aliphatic heterocycles. The summed E-state index contributed by atoms with van der Waals surface area (Å²) in [6, 6.07) is 9.02. The Morgan fingerprint density at radius 1 is 1.18 bits per heavy atom. The van der Waals surface area contributed by atoms with E-state index in [9.17, 15) is 14.9 Å². The molecule has 2 rings (SSSR count). The van der Waals surface area contributed by atoms with Crippen LogP contribution in [0.3, 0.4) is 0 Å². The minimum atomic E-state index is -0.811. The van der Waals surface area contributed by atoms with Gasteiger partial charge >= 0.3 is 5.97 Å². The molecule has 2 aromatic rings. The van der Waals surface area contributed by atoms with Gasteiger partial charge in [-0.1, -0.05) is 18.6 Å². The highest BCUT2D eigenvalue weighted by Crippen LogP contribution is 2.18. The zero-order valence-corrected chi connectivity index (χ0v) is 15.6. The van der Waals surface area contributed by atoms with Gasteiger partial charge in [-0.15, -0.1) is 0 Å². The second-order valence-electron chi connectivity index (χ2n) is 6.36. The number of carboxylic acids is 1. The first-order valence-electron chi connectivity index (χ1n) is 9.26. The van der Waals surface area contributed by atoms with Gasteiger partial charge in [-0.05, 0) is 37.8 Å². The van der Waals surface area contributed by atoms with Crippen molar-refractivity contribution in [3.05, 3.63) is 46.1 Å². The predicted octanol–water partition coefficient (Wildman–Crippen LogP) is 2.16. The summed E-state index contributed by atoms with van der Waals surface area (Å²) in [5.41, 5.74) is 1.03. The first kappa shape index (κ1) is 21.1. The Bertz CT molecular complexity index is 943. The molecular formula is C20H24N4O4. The molecule has 0 atom stereocenters. The summed E-state index contributed by atoms with van der Waals surface area (Å²) in [6.45, 7) is 0.535. The van der Waals surface area contributed by atoms with Crippen LogP contribution in [-0.4, -0.2) is 39.3 Å². The number of aliphatic hydroxyl groups is 1. The van der Waals surface area contributed by atoms with E-state index in [4.69, 9.17) is 10.2 Å². The number of aliphatic carboxylic acids is 1. The minimum absolute atomic E-state index is 0.0236. The number of aromatic nitrogens is 2. The van der Waals surface area contributed by atoms with Crippen LogP contribution in [-0.2, 0) is 4.79 Å². The van der Waals surface area contributed by atoms with Gasteiger partial charge in [0.25, 0.3) is 5.56 Å². The van der Waals surface area contributed by atoms with E-state index in [1.54, 1.807) is 24.3 Å². The van der Waals surface area contributed by atoms with E-state index in [2.05, 4.69) is 21.4 Å². The van der Waals surface area contributed by atoms with Crippen molar-refractivity contribution in [2.75, 3.05) is 13.2 Å². The summed E-state index contributed by atoms with van der Waals surface area (Å²) in [5.74, 6) is -0.618. The van der Waals surface area contributed by atoms with Crippen LogP contribution in [0.15, 0.2) is 34.8 Å². The average Bonchev–Trinajstić information content (AvgIpc) is 2.68. The highest BCUT2D eigenvalue weighted by molar-refractivity contribution is 5.82. The molecule has 8 heteroatoms. The second kappa shape index (κ2) is 10.8. The number of hydrogen-bond donors (Lipinski definition) is 4. The van der Waals surface area contributed by atoms with Crippen LogP contribution < -0.4 is 10.9 Å². The zero-order chi connectivity index (χ0) is 20.4. The van der Waals surface area contributed by atoms with Crippen LogP contribution in [0.4, 0.5) is 0 Å². The maximum absolute atomic E-state index is 12.3. The number of H-pyrrole nitrogens is 1. The summed E-state index contributed by atoms with van der Waals surface area (Å²) in [4.78, 5) is 29.9. The molecule has 0 bridgehead atoms. The van der Waals surface area contributed by atoms with Gasteiger partial charge in [0.2, 0.25) is 0 Å². The maximum Gasteiger partial charge on any atom is 0.303 e.